The number of hydrogen-bond donors (Lipinski definition) is 1. The van der Waals surface area contributed by atoms with Crippen LogP contribution in [-0.2, 0) is 13.1 Å². The third-order valence-corrected chi connectivity index (χ3v) is 7.12. The van der Waals surface area contributed by atoms with Crippen LogP contribution in [-0.4, -0.2) is 50.1 Å². The van der Waals surface area contributed by atoms with Crippen LogP contribution in [0.4, 0.5) is 0 Å². The topological polar surface area (TPSA) is 68.1 Å². The molecule has 2 aromatic heterocycles. The number of nitrogens with one attached hydrogen (secondary N) is 1. The fourth-order valence-electron chi connectivity index (χ4n) is 4.62. The predicted molar refractivity (Wildman–Crippen MR) is 129 cm³/mol. The number of ether oxygens (including phenoxy) is 1. The molecule has 3 fully saturated rings. The van der Waals surface area contributed by atoms with E-state index in [-0.39, 0.29) is 5.41 Å². The Morgan fingerprint density at radius 3 is 2.81 bits per heavy atom. The summed E-state index contributed by atoms with van der Waals surface area (Å²) in [6.07, 6.45) is 4.12. The van der Waals surface area contributed by atoms with E-state index in [1.54, 1.807) is 6.20 Å². The van der Waals surface area contributed by atoms with Crippen LogP contribution >= 0.6 is 27.5 Å². The average Bonchev–Trinajstić information content (AvgIpc) is 3.14. The minimum absolute atomic E-state index is 0.105. The van der Waals surface area contributed by atoms with Crippen molar-refractivity contribution in [3.05, 3.63) is 39.5 Å². The molecule has 0 radical (unpaired) electrons. The van der Waals surface area contributed by atoms with Gasteiger partial charge < -0.3 is 10.1 Å². The van der Waals surface area contributed by atoms with Crippen molar-refractivity contribution in [1.29, 1.82) is 0 Å². The van der Waals surface area contributed by atoms with Crippen LogP contribution in [0.3, 0.4) is 0 Å². The number of piperidine rings is 2. The smallest absolute Gasteiger partial charge is 0.223 e. The average molecular weight is 520 g/mol. The van der Waals surface area contributed by atoms with E-state index >= 15 is 0 Å². The lowest BCUT2D eigenvalue weighted by Crippen LogP contribution is -2.60. The van der Waals surface area contributed by atoms with E-state index in [2.05, 4.69) is 62.2 Å². The summed E-state index contributed by atoms with van der Waals surface area (Å²) in [5.41, 5.74) is 2.85. The van der Waals surface area contributed by atoms with Crippen molar-refractivity contribution in [3.8, 4) is 11.6 Å². The van der Waals surface area contributed by atoms with E-state index in [9.17, 15) is 0 Å². The third-order valence-electron chi connectivity index (χ3n) is 6.15. The van der Waals surface area contributed by atoms with Gasteiger partial charge in [-0.15, -0.1) is 5.10 Å². The van der Waals surface area contributed by atoms with Crippen LogP contribution < -0.4 is 10.1 Å². The normalized spacial score (nSPS) is 21.4. The van der Waals surface area contributed by atoms with Gasteiger partial charge in [-0.3, -0.25) is 4.90 Å². The second kappa shape index (κ2) is 8.56. The lowest BCUT2D eigenvalue weighted by atomic mass is 9.92. The van der Waals surface area contributed by atoms with Gasteiger partial charge in [-0.05, 0) is 52.4 Å². The van der Waals surface area contributed by atoms with Gasteiger partial charge in [-0.2, -0.15) is 0 Å². The van der Waals surface area contributed by atoms with E-state index < -0.39 is 0 Å². The van der Waals surface area contributed by atoms with Crippen molar-refractivity contribution in [2.75, 3.05) is 13.1 Å². The van der Waals surface area contributed by atoms with Gasteiger partial charge in [0.15, 0.2) is 0 Å². The highest BCUT2D eigenvalue weighted by molar-refractivity contribution is 9.10. The maximum absolute atomic E-state index is 6.30. The summed E-state index contributed by atoms with van der Waals surface area (Å²) in [5.74, 6) is 1.24. The first-order valence-electron chi connectivity index (χ1n) is 11.1. The van der Waals surface area contributed by atoms with E-state index in [0.717, 1.165) is 47.2 Å². The molecule has 0 saturated carbocycles. The predicted octanol–water partition coefficient (Wildman–Crippen LogP) is 5.02. The van der Waals surface area contributed by atoms with Crippen molar-refractivity contribution in [3.63, 3.8) is 0 Å². The molecule has 170 valence electrons. The number of aromatic nitrogens is 4. The lowest BCUT2D eigenvalue weighted by Gasteiger charge is -2.46. The molecule has 7 nitrogen and oxygen atoms in total. The zero-order chi connectivity index (χ0) is 22.5. The summed E-state index contributed by atoms with van der Waals surface area (Å²) < 4.78 is 9.02. The molecule has 9 heteroatoms. The Morgan fingerprint density at radius 2 is 2.12 bits per heavy atom. The van der Waals surface area contributed by atoms with Gasteiger partial charge in [0, 0.05) is 50.0 Å². The Balaban J connectivity index is 1.42. The molecule has 2 bridgehead atoms. The largest absolute Gasteiger partial charge is 0.437 e. The Kier molecular flexibility index (Phi) is 5.90. The highest BCUT2D eigenvalue weighted by Crippen LogP contribution is 2.37. The van der Waals surface area contributed by atoms with E-state index in [0.29, 0.717) is 28.7 Å². The van der Waals surface area contributed by atoms with Gasteiger partial charge in [0.2, 0.25) is 5.88 Å². The molecule has 0 spiro atoms. The van der Waals surface area contributed by atoms with Gasteiger partial charge in [0.25, 0.3) is 0 Å². The molecule has 2 unspecified atom stereocenters. The lowest BCUT2D eigenvalue weighted by molar-refractivity contribution is 0.0678. The molecular formula is C23H28BrClN6O. The summed E-state index contributed by atoms with van der Waals surface area (Å²) in [6, 6.07) is 7.04. The fraction of sp³-hybridized carbons (Fsp3) is 0.522. The molecule has 32 heavy (non-hydrogen) atoms. The number of benzene rings is 1. The molecule has 1 aromatic carbocycles. The van der Waals surface area contributed by atoms with Gasteiger partial charge >= 0.3 is 0 Å². The second-order valence-corrected chi connectivity index (χ2v) is 11.3. The zero-order valence-corrected chi connectivity index (χ0v) is 20.9. The summed E-state index contributed by atoms with van der Waals surface area (Å²) in [5, 5.41) is 13.0. The summed E-state index contributed by atoms with van der Waals surface area (Å²) in [4.78, 5) is 7.03. The Hall–Kier alpha value is -1.74. The number of fused-ring (bicyclic) bond motifs is 4. The minimum atomic E-state index is 0.105. The molecule has 5 heterocycles. The minimum Gasteiger partial charge on any atom is -0.437 e. The Bertz CT molecular complexity index is 1140. The first-order chi connectivity index (χ1) is 15.3. The van der Waals surface area contributed by atoms with Crippen molar-refractivity contribution in [2.24, 2.45) is 5.41 Å². The number of hydrogen-bond acceptors (Lipinski definition) is 6. The van der Waals surface area contributed by atoms with Crippen molar-refractivity contribution < 1.29 is 4.74 Å². The molecule has 2 atom stereocenters. The molecule has 3 aromatic rings. The quantitative estimate of drug-likeness (QED) is 0.511. The number of halogens is 2. The van der Waals surface area contributed by atoms with Crippen molar-refractivity contribution in [1.82, 2.24) is 30.2 Å². The van der Waals surface area contributed by atoms with E-state index in [4.69, 9.17) is 16.3 Å². The van der Waals surface area contributed by atoms with Crippen molar-refractivity contribution in [2.45, 2.75) is 58.8 Å². The van der Waals surface area contributed by atoms with Gasteiger partial charge in [0.05, 0.1) is 15.0 Å². The molecule has 0 amide bonds. The number of nitrogens with zero attached hydrogens (tertiary/aromatic N) is 5. The fourth-order valence-corrected chi connectivity index (χ4v) is 5.30. The maximum Gasteiger partial charge on any atom is 0.223 e. The number of pyridine rings is 1. The second-order valence-electron chi connectivity index (χ2n) is 10.0. The van der Waals surface area contributed by atoms with Crippen LogP contribution in [0.2, 0.25) is 5.02 Å². The van der Waals surface area contributed by atoms with Gasteiger partial charge in [-0.1, -0.05) is 37.6 Å². The molecule has 0 aliphatic carbocycles. The molecule has 3 saturated heterocycles. The standard InChI is InChI=1S/C23H28BrClN6O/c1-23(2,3)13-31-18-6-7-19(20(24)21(18)28-29-31)32-22-14(8-15(25)9-27-22)11-30-12-16-4-5-17(30)10-26-16/h6-9,16-17,26H,4-5,10-13H2,1-3H3. The number of rotatable bonds is 5. The summed E-state index contributed by atoms with van der Waals surface area (Å²) in [7, 11) is 0. The Labute approximate surface area is 201 Å². The molecule has 3 aliphatic rings. The van der Waals surface area contributed by atoms with Gasteiger partial charge in [-0.25, -0.2) is 9.67 Å². The summed E-state index contributed by atoms with van der Waals surface area (Å²) in [6.45, 7) is 10.2. The van der Waals surface area contributed by atoms with Crippen LogP contribution in [0.5, 0.6) is 11.6 Å². The highest BCUT2D eigenvalue weighted by Gasteiger charge is 2.33. The molecule has 3 aliphatic heterocycles. The van der Waals surface area contributed by atoms with Crippen LogP contribution in [0.15, 0.2) is 28.9 Å². The number of piperazine rings is 1. The molecule has 6 rings (SSSR count). The first-order valence-corrected chi connectivity index (χ1v) is 12.3. The Morgan fingerprint density at radius 1 is 1.28 bits per heavy atom. The molecule has 1 N–H and O–H groups in total. The van der Waals surface area contributed by atoms with E-state index in [1.807, 2.05) is 22.9 Å². The zero-order valence-electron chi connectivity index (χ0n) is 18.6. The SMILES string of the molecule is CC(C)(C)Cn1nnc2c(Br)c(Oc3ncc(Cl)cc3CN3CC4CCC3CN4)ccc21. The third kappa shape index (κ3) is 4.51. The monoisotopic (exact) mass is 518 g/mol. The van der Waals surface area contributed by atoms with Crippen LogP contribution in [0.1, 0.15) is 39.2 Å². The highest BCUT2D eigenvalue weighted by atomic mass is 79.9. The van der Waals surface area contributed by atoms with Gasteiger partial charge in [0.1, 0.15) is 11.3 Å². The molecular weight excluding hydrogens is 492 g/mol. The van der Waals surface area contributed by atoms with Crippen molar-refractivity contribution >= 4 is 38.6 Å². The maximum atomic E-state index is 6.30. The van der Waals surface area contributed by atoms with E-state index in [1.165, 1.54) is 12.8 Å². The van der Waals surface area contributed by atoms with Crippen LogP contribution in [0.25, 0.3) is 11.0 Å². The van der Waals surface area contributed by atoms with Crippen LogP contribution in [0, 0.1) is 5.41 Å². The first kappa shape index (κ1) is 22.1. The summed E-state index contributed by atoms with van der Waals surface area (Å²) >= 11 is 9.99.